The minimum absolute atomic E-state index is 0.148. The first-order chi connectivity index (χ1) is 16.2. The molecular weight excluding hydrogens is 438 g/mol. The molecule has 0 aliphatic carbocycles. The number of thiazole rings is 1. The van der Waals surface area contributed by atoms with E-state index in [2.05, 4.69) is 98.8 Å². The standard InChI is InChI=1S/C28H35N5S/c1-18-16-33(15-14-32(18)17-24-19(2)34-20(3)29-24)25-9-7-8-23-26(25)31-27(30-23)21-10-12-22(13-11-21)28(4,5)6/h7-13,18H,14-17H2,1-6H3,(H,30,31)/t18-/m0/s1. The van der Waals surface area contributed by atoms with E-state index in [1.165, 1.54) is 21.8 Å². The molecule has 0 unspecified atom stereocenters. The van der Waals surface area contributed by atoms with Crippen molar-refractivity contribution in [3.63, 3.8) is 0 Å². The minimum atomic E-state index is 0.148. The first kappa shape index (κ1) is 23.1. The molecule has 0 amide bonds. The van der Waals surface area contributed by atoms with Crippen LogP contribution in [0.2, 0.25) is 0 Å². The fourth-order valence-corrected chi connectivity index (χ4v) is 5.72. The number of H-pyrrole nitrogens is 1. The van der Waals surface area contributed by atoms with Crippen molar-refractivity contribution >= 4 is 28.1 Å². The Morgan fingerprint density at radius 3 is 2.44 bits per heavy atom. The van der Waals surface area contributed by atoms with Crippen LogP contribution in [0, 0.1) is 13.8 Å². The van der Waals surface area contributed by atoms with Gasteiger partial charge in [-0.05, 0) is 43.9 Å². The summed E-state index contributed by atoms with van der Waals surface area (Å²) in [5.74, 6) is 0.934. The molecule has 1 aliphatic heterocycles. The Hall–Kier alpha value is -2.70. The molecule has 6 heteroatoms. The van der Waals surface area contributed by atoms with Gasteiger partial charge >= 0.3 is 0 Å². The van der Waals surface area contributed by atoms with Gasteiger partial charge in [-0.25, -0.2) is 9.97 Å². The third-order valence-electron chi connectivity index (χ3n) is 6.97. The molecule has 2 aromatic heterocycles. The lowest BCUT2D eigenvalue weighted by Gasteiger charge is -2.40. The Labute approximate surface area is 206 Å². The molecule has 5 rings (SSSR count). The average molecular weight is 474 g/mol. The van der Waals surface area contributed by atoms with Gasteiger partial charge in [-0.2, -0.15) is 0 Å². The van der Waals surface area contributed by atoms with Crippen molar-refractivity contribution in [2.24, 2.45) is 0 Å². The molecule has 34 heavy (non-hydrogen) atoms. The molecule has 3 heterocycles. The molecule has 178 valence electrons. The number of anilines is 1. The summed E-state index contributed by atoms with van der Waals surface area (Å²) in [6.45, 7) is 17.3. The summed E-state index contributed by atoms with van der Waals surface area (Å²) in [5.41, 5.74) is 7.22. The van der Waals surface area contributed by atoms with Crippen LogP contribution in [0.25, 0.3) is 22.4 Å². The van der Waals surface area contributed by atoms with Gasteiger partial charge in [0.2, 0.25) is 0 Å². The van der Waals surface area contributed by atoms with E-state index in [9.17, 15) is 0 Å². The van der Waals surface area contributed by atoms with Gasteiger partial charge in [-0.3, -0.25) is 4.90 Å². The van der Waals surface area contributed by atoms with Crippen LogP contribution in [-0.4, -0.2) is 45.5 Å². The molecule has 1 saturated heterocycles. The Balaban J connectivity index is 1.36. The topological polar surface area (TPSA) is 48.1 Å². The summed E-state index contributed by atoms with van der Waals surface area (Å²) in [6, 6.07) is 15.7. The van der Waals surface area contributed by atoms with Gasteiger partial charge in [0.1, 0.15) is 11.3 Å². The van der Waals surface area contributed by atoms with E-state index in [4.69, 9.17) is 9.97 Å². The number of piperazine rings is 1. The van der Waals surface area contributed by atoms with Crippen LogP contribution >= 0.6 is 11.3 Å². The van der Waals surface area contributed by atoms with Gasteiger partial charge < -0.3 is 9.88 Å². The van der Waals surface area contributed by atoms with E-state index in [0.29, 0.717) is 6.04 Å². The average Bonchev–Trinajstić information content (AvgIpc) is 3.37. The van der Waals surface area contributed by atoms with Crippen molar-refractivity contribution in [2.45, 2.75) is 59.5 Å². The van der Waals surface area contributed by atoms with Crippen LogP contribution in [0.1, 0.15) is 48.8 Å². The summed E-state index contributed by atoms with van der Waals surface area (Å²) < 4.78 is 0. The molecule has 1 atom stereocenters. The summed E-state index contributed by atoms with van der Waals surface area (Å²) >= 11 is 1.80. The lowest BCUT2D eigenvalue weighted by atomic mass is 9.87. The summed E-state index contributed by atoms with van der Waals surface area (Å²) in [6.07, 6.45) is 0. The predicted molar refractivity (Wildman–Crippen MR) is 144 cm³/mol. The SMILES string of the molecule is Cc1nc(CN2CCN(c3cccc4[nH]c(-c5ccc(C(C)(C)C)cc5)nc34)C[C@@H]2C)c(C)s1. The van der Waals surface area contributed by atoms with Crippen molar-refractivity contribution in [3.05, 3.63) is 63.6 Å². The Morgan fingerprint density at radius 2 is 1.79 bits per heavy atom. The van der Waals surface area contributed by atoms with E-state index in [1.54, 1.807) is 11.3 Å². The second kappa shape index (κ2) is 8.82. The second-order valence-electron chi connectivity index (χ2n) is 10.6. The van der Waals surface area contributed by atoms with E-state index in [-0.39, 0.29) is 5.41 Å². The number of aryl methyl sites for hydroxylation is 2. The van der Waals surface area contributed by atoms with Crippen molar-refractivity contribution in [1.82, 2.24) is 19.9 Å². The van der Waals surface area contributed by atoms with Crippen molar-refractivity contribution < 1.29 is 0 Å². The molecule has 0 bridgehead atoms. The maximum Gasteiger partial charge on any atom is 0.138 e. The number of para-hydroxylation sites is 1. The van der Waals surface area contributed by atoms with E-state index >= 15 is 0 Å². The van der Waals surface area contributed by atoms with E-state index < -0.39 is 0 Å². The van der Waals surface area contributed by atoms with Crippen LogP contribution in [-0.2, 0) is 12.0 Å². The number of hydrogen-bond acceptors (Lipinski definition) is 5. The molecule has 0 spiro atoms. The fourth-order valence-electron chi connectivity index (χ4n) is 4.90. The Kier molecular flexibility index (Phi) is 5.98. The molecular formula is C28H35N5S. The van der Waals surface area contributed by atoms with E-state index in [1.807, 2.05) is 0 Å². The fraction of sp³-hybridized carbons (Fsp3) is 0.429. The van der Waals surface area contributed by atoms with Gasteiger partial charge in [-0.15, -0.1) is 11.3 Å². The number of hydrogen-bond donors (Lipinski definition) is 1. The molecule has 2 aromatic carbocycles. The summed E-state index contributed by atoms with van der Waals surface area (Å²) in [7, 11) is 0. The largest absolute Gasteiger partial charge is 0.367 e. The maximum absolute atomic E-state index is 5.06. The number of fused-ring (bicyclic) bond motifs is 1. The number of imidazole rings is 1. The number of nitrogens with zero attached hydrogens (tertiary/aromatic N) is 4. The third kappa shape index (κ3) is 4.49. The lowest BCUT2D eigenvalue weighted by Crippen LogP contribution is -2.51. The Morgan fingerprint density at radius 1 is 1.03 bits per heavy atom. The zero-order valence-electron chi connectivity index (χ0n) is 21.1. The third-order valence-corrected chi connectivity index (χ3v) is 7.90. The van der Waals surface area contributed by atoms with Gasteiger partial charge in [0.05, 0.1) is 21.9 Å². The van der Waals surface area contributed by atoms with Crippen LogP contribution in [0.3, 0.4) is 0 Å². The molecule has 0 radical (unpaired) electrons. The monoisotopic (exact) mass is 473 g/mol. The number of aromatic nitrogens is 3. The van der Waals surface area contributed by atoms with Crippen LogP contribution < -0.4 is 4.90 Å². The number of nitrogens with one attached hydrogen (secondary N) is 1. The highest BCUT2D eigenvalue weighted by Crippen LogP contribution is 2.31. The highest BCUT2D eigenvalue weighted by molar-refractivity contribution is 7.11. The molecule has 1 N–H and O–H groups in total. The molecule has 5 nitrogen and oxygen atoms in total. The normalized spacial score (nSPS) is 17.6. The van der Waals surface area contributed by atoms with Crippen molar-refractivity contribution in [3.8, 4) is 11.4 Å². The molecule has 1 fully saturated rings. The van der Waals surface area contributed by atoms with Crippen LogP contribution in [0.4, 0.5) is 5.69 Å². The zero-order valence-corrected chi connectivity index (χ0v) is 22.0. The van der Waals surface area contributed by atoms with Gasteiger partial charge in [0.15, 0.2) is 0 Å². The minimum Gasteiger partial charge on any atom is -0.367 e. The number of rotatable bonds is 4. The summed E-state index contributed by atoms with van der Waals surface area (Å²) in [5, 5.41) is 1.16. The number of aromatic amines is 1. The number of benzene rings is 2. The van der Waals surface area contributed by atoms with Gasteiger partial charge in [-0.1, -0.05) is 51.1 Å². The highest BCUT2D eigenvalue weighted by atomic mass is 32.1. The van der Waals surface area contributed by atoms with Crippen molar-refractivity contribution in [1.29, 1.82) is 0 Å². The van der Waals surface area contributed by atoms with E-state index in [0.717, 1.165) is 53.6 Å². The lowest BCUT2D eigenvalue weighted by molar-refractivity contribution is 0.179. The maximum atomic E-state index is 5.06. The van der Waals surface area contributed by atoms with Crippen molar-refractivity contribution in [2.75, 3.05) is 24.5 Å². The Bertz CT molecular complexity index is 1290. The van der Waals surface area contributed by atoms with Crippen LogP contribution in [0.5, 0.6) is 0 Å². The quantitative estimate of drug-likeness (QED) is 0.377. The highest BCUT2D eigenvalue weighted by Gasteiger charge is 2.26. The molecule has 0 saturated carbocycles. The summed E-state index contributed by atoms with van der Waals surface area (Å²) in [4.78, 5) is 19.8. The first-order valence-corrected chi connectivity index (χ1v) is 13.0. The first-order valence-electron chi connectivity index (χ1n) is 12.2. The molecule has 1 aliphatic rings. The zero-order chi connectivity index (χ0) is 24.0. The van der Waals surface area contributed by atoms with Crippen LogP contribution in [0.15, 0.2) is 42.5 Å². The van der Waals surface area contributed by atoms with Gasteiger partial charge in [0.25, 0.3) is 0 Å². The van der Waals surface area contributed by atoms with Gasteiger partial charge in [0, 0.05) is 42.7 Å². The smallest absolute Gasteiger partial charge is 0.138 e. The molecule has 4 aromatic rings. The second-order valence-corrected chi connectivity index (χ2v) is 12.0. The predicted octanol–water partition coefficient (Wildman–Crippen LogP) is 6.31.